The molecule has 0 fully saturated rings. The Bertz CT molecular complexity index is 1610. The largest absolute Gasteiger partial charge is 0.416 e. The summed E-state index contributed by atoms with van der Waals surface area (Å²) < 4.78 is 41.0. The average molecular weight is 503 g/mol. The number of hydrogen-bond donors (Lipinski definition) is 2. The number of nitrogens with zero attached hydrogens (tertiary/aromatic N) is 4. The lowest BCUT2D eigenvalue weighted by molar-refractivity contribution is -0.137. The van der Waals surface area contributed by atoms with Crippen LogP contribution < -0.4 is 10.6 Å². The molecular weight excluding hydrogens is 481 g/mol. The molecule has 5 rings (SSSR count). The molecule has 1 amide bonds. The number of pyridine rings is 1. The molecular formula is C27H21F3N6O. The number of hydrogen-bond acceptors (Lipinski definition) is 5. The van der Waals surface area contributed by atoms with Gasteiger partial charge in [0.05, 0.1) is 11.1 Å². The maximum atomic E-state index is 13.0. The van der Waals surface area contributed by atoms with Gasteiger partial charge in [0.15, 0.2) is 11.6 Å². The molecule has 37 heavy (non-hydrogen) atoms. The lowest BCUT2D eigenvalue weighted by Gasteiger charge is -2.12. The van der Waals surface area contributed by atoms with Crippen LogP contribution in [0.3, 0.4) is 0 Å². The minimum Gasteiger partial charge on any atom is -0.346 e. The minimum atomic E-state index is -4.54. The number of rotatable bonds is 5. The summed E-state index contributed by atoms with van der Waals surface area (Å²) in [5.41, 5.74) is 2.56. The number of amides is 1. The third-order valence-electron chi connectivity index (χ3n) is 5.71. The highest BCUT2D eigenvalue weighted by atomic mass is 19.4. The van der Waals surface area contributed by atoms with Gasteiger partial charge >= 0.3 is 6.18 Å². The third-order valence-corrected chi connectivity index (χ3v) is 5.71. The highest BCUT2D eigenvalue weighted by molar-refractivity contribution is 6.04. The van der Waals surface area contributed by atoms with Crippen molar-refractivity contribution in [3.05, 3.63) is 95.8 Å². The predicted molar refractivity (Wildman–Crippen MR) is 136 cm³/mol. The molecule has 0 aliphatic heterocycles. The molecule has 3 aromatic heterocycles. The van der Waals surface area contributed by atoms with Crippen LogP contribution in [0.2, 0.25) is 0 Å². The lowest BCUT2D eigenvalue weighted by atomic mass is 10.1. The Kier molecular flexibility index (Phi) is 6.08. The van der Waals surface area contributed by atoms with E-state index in [0.717, 1.165) is 23.2 Å². The summed E-state index contributed by atoms with van der Waals surface area (Å²) in [6, 6.07) is 16.8. The van der Waals surface area contributed by atoms with Crippen LogP contribution in [0.4, 0.5) is 30.5 Å². The van der Waals surface area contributed by atoms with E-state index in [1.54, 1.807) is 30.5 Å². The molecule has 0 saturated heterocycles. The van der Waals surface area contributed by atoms with Crippen molar-refractivity contribution in [2.45, 2.75) is 13.1 Å². The lowest BCUT2D eigenvalue weighted by Crippen LogP contribution is -2.14. The van der Waals surface area contributed by atoms with Gasteiger partial charge < -0.3 is 15.2 Å². The van der Waals surface area contributed by atoms with Crippen molar-refractivity contribution in [3.63, 3.8) is 0 Å². The molecule has 186 valence electrons. The fraction of sp³-hybridized carbons (Fsp3) is 0.111. The van der Waals surface area contributed by atoms with E-state index >= 15 is 0 Å². The molecule has 5 aromatic rings. The summed E-state index contributed by atoms with van der Waals surface area (Å²) in [5, 5.41) is 5.91. The summed E-state index contributed by atoms with van der Waals surface area (Å²) in [5.74, 6) is 0.932. The first kappa shape index (κ1) is 24.0. The zero-order valence-electron chi connectivity index (χ0n) is 19.8. The van der Waals surface area contributed by atoms with Crippen molar-refractivity contribution in [1.29, 1.82) is 0 Å². The summed E-state index contributed by atoms with van der Waals surface area (Å²) >= 11 is 0. The standard InChI is InChI=1S/C27H21F3N6O/c1-16-9-10-22(31-15-16)34-25-23-21(11-12-36(23)2)33-24(35-25)17-5-4-8-20(14-17)32-26(37)18-6-3-7-19(13-18)27(28,29)30/h3-15H,1-2H3,(H,32,37)(H,31,33,34,35). The molecule has 0 atom stereocenters. The first-order chi connectivity index (χ1) is 17.7. The van der Waals surface area contributed by atoms with Crippen LogP contribution in [-0.4, -0.2) is 25.4 Å². The first-order valence-corrected chi connectivity index (χ1v) is 11.3. The normalized spacial score (nSPS) is 11.5. The van der Waals surface area contributed by atoms with Crippen molar-refractivity contribution >= 4 is 34.3 Å². The van der Waals surface area contributed by atoms with E-state index in [1.807, 2.05) is 42.9 Å². The molecule has 0 aliphatic rings. The Labute approximate surface area is 210 Å². The molecule has 0 radical (unpaired) electrons. The van der Waals surface area contributed by atoms with Gasteiger partial charge in [0, 0.05) is 36.3 Å². The zero-order chi connectivity index (χ0) is 26.2. The summed E-state index contributed by atoms with van der Waals surface area (Å²) in [4.78, 5) is 26.5. The number of alkyl halides is 3. The predicted octanol–water partition coefficient (Wildman–Crippen LogP) is 6.35. The van der Waals surface area contributed by atoms with Gasteiger partial charge in [-0.15, -0.1) is 0 Å². The van der Waals surface area contributed by atoms with Crippen LogP contribution in [0.25, 0.3) is 22.4 Å². The number of aryl methyl sites for hydroxylation is 2. The Morgan fingerprint density at radius 1 is 0.973 bits per heavy atom. The van der Waals surface area contributed by atoms with E-state index in [9.17, 15) is 18.0 Å². The number of halogens is 3. The number of benzene rings is 2. The second kappa shape index (κ2) is 9.38. The van der Waals surface area contributed by atoms with E-state index in [2.05, 4.69) is 20.6 Å². The number of fused-ring (bicyclic) bond motifs is 1. The van der Waals surface area contributed by atoms with Gasteiger partial charge in [-0.05, 0) is 55.0 Å². The molecule has 0 aliphatic carbocycles. The number of carbonyl (C=O) groups is 1. The van der Waals surface area contributed by atoms with E-state index in [-0.39, 0.29) is 5.56 Å². The zero-order valence-corrected chi connectivity index (χ0v) is 19.8. The van der Waals surface area contributed by atoms with Gasteiger partial charge in [0.2, 0.25) is 0 Å². The topological polar surface area (TPSA) is 84.7 Å². The molecule has 0 unspecified atom stereocenters. The summed E-state index contributed by atoms with van der Waals surface area (Å²) in [6.45, 7) is 1.95. The van der Waals surface area contributed by atoms with Gasteiger partial charge in [0.25, 0.3) is 5.91 Å². The van der Waals surface area contributed by atoms with E-state index in [4.69, 9.17) is 4.98 Å². The van der Waals surface area contributed by atoms with Gasteiger partial charge in [0.1, 0.15) is 11.3 Å². The summed E-state index contributed by atoms with van der Waals surface area (Å²) in [7, 11) is 1.89. The maximum Gasteiger partial charge on any atom is 0.416 e. The number of anilines is 3. The molecule has 0 bridgehead atoms. The van der Waals surface area contributed by atoms with Gasteiger partial charge in [-0.3, -0.25) is 4.79 Å². The molecule has 0 spiro atoms. The van der Waals surface area contributed by atoms with Gasteiger partial charge in [-0.25, -0.2) is 15.0 Å². The first-order valence-electron chi connectivity index (χ1n) is 11.3. The van der Waals surface area contributed by atoms with Gasteiger partial charge in [-0.2, -0.15) is 13.2 Å². The van der Waals surface area contributed by atoms with Crippen molar-refractivity contribution in [3.8, 4) is 11.4 Å². The quantitative estimate of drug-likeness (QED) is 0.292. The van der Waals surface area contributed by atoms with Crippen LogP contribution >= 0.6 is 0 Å². The fourth-order valence-corrected chi connectivity index (χ4v) is 3.85. The Morgan fingerprint density at radius 3 is 2.54 bits per heavy atom. The Balaban J connectivity index is 1.46. The van der Waals surface area contributed by atoms with Crippen LogP contribution in [0.5, 0.6) is 0 Å². The molecule has 2 aromatic carbocycles. The van der Waals surface area contributed by atoms with Crippen LogP contribution in [0, 0.1) is 6.92 Å². The smallest absolute Gasteiger partial charge is 0.346 e. The second-order valence-corrected chi connectivity index (χ2v) is 8.52. The minimum absolute atomic E-state index is 0.0979. The second-order valence-electron chi connectivity index (χ2n) is 8.52. The van der Waals surface area contributed by atoms with Gasteiger partial charge in [-0.1, -0.05) is 24.3 Å². The number of nitrogens with one attached hydrogen (secondary N) is 2. The number of aromatic nitrogens is 4. The molecule has 10 heteroatoms. The van der Waals surface area contributed by atoms with E-state index in [0.29, 0.717) is 34.2 Å². The molecule has 7 nitrogen and oxygen atoms in total. The van der Waals surface area contributed by atoms with E-state index < -0.39 is 17.6 Å². The number of carbonyl (C=O) groups excluding carboxylic acids is 1. The third kappa shape index (κ3) is 5.13. The van der Waals surface area contributed by atoms with Crippen LogP contribution in [0.1, 0.15) is 21.5 Å². The van der Waals surface area contributed by atoms with E-state index in [1.165, 1.54) is 12.1 Å². The Hall–Kier alpha value is -4.73. The molecule has 0 saturated carbocycles. The fourth-order valence-electron chi connectivity index (χ4n) is 3.85. The maximum absolute atomic E-state index is 13.0. The van der Waals surface area contributed by atoms with Crippen molar-refractivity contribution in [2.75, 3.05) is 10.6 Å². The highest BCUT2D eigenvalue weighted by Crippen LogP contribution is 2.31. The van der Waals surface area contributed by atoms with Crippen LogP contribution in [0.15, 0.2) is 79.1 Å². The highest BCUT2D eigenvalue weighted by Gasteiger charge is 2.30. The van der Waals surface area contributed by atoms with Crippen molar-refractivity contribution in [1.82, 2.24) is 19.5 Å². The molecule has 2 N–H and O–H groups in total. The Morgan fingerprint density at radius 2 is 1.78 bits per heavy atom. The SMILES string of the molecule is Cc1ccc(Nc2nc(-c3cccc(NC(=O)c4cccc(C(F)(F)F)c4)c3)nc3ccn(C)c23)nc1. The van der Waals surface area contributed by atoms with Crippen LogP contribution in [-0.2, 0) is 13.2 Å². The summed E-state index contributed by atoms with van der Waals surface area (Å²) in [6.07, 6.45) is -0.908. The van der Waals surface area contributed by atoms with Crippen molar-refractivity contribution in [2.24, 2.45) is 7.05 Å². The van der Waals surface area contributed by atoms with Crippen molar-refractivity contribution < 1.29 is 18.0 Å². The molecule has 3 heterocycles. The average Bonchev–Trinajstić information content (AvgIpc) is 3.26. The monoisotopic (exact) mass is 502 g/mol.